The molecule has 0 spiro atoms. The van der Waals surface area contributed by atoms with Gasteiger partial charge in [0, 0.05) is 5.69 Å². The summed E-state index contributed by atoms with van der Waals surface area (Å²) in [5, 5.41) is -0.266. The van der Waals surface area contributed by atoms with E-state index in [9.17, 15) is 26.4 Å². The maximum absolute atomic E-state index is 12.7. The lowest BCUT2D eigenvalue weighted by atomic mass is 10.2. The van der Waals surface area contributed by atoms with E-state index in [2.05, 4.69) is 4.98 Å². The molecule has 1 amide bonds. The molecule has 1 N–H and O–H groups in total. The maximum atomic E-state index is 12.7. The van der Waals surface area contributed by atoms with Crippen molar-refractivity contribution < 1.29 is 31.1 Å². The number of rotatable bonds is 5. The Hall–Kier alpha value is -3.05. The van der Waals surface area contributed by atoms with Crippen molar-refractivity contribution in [3.8, 4) is 11.4 Å². The fourth-order valence-corrected chi connectivity index (χ4v) is 3.69. The minimum absolute atomic E-state index is 0.185. The Kier molecular flexibility index (Phi) is 5.77. The quantitative estimate of drug-likeness (QED) is 0.628. The highest BCUT2D eigenvalue weighted by Gasteiger charge is 2.30. The number of carbonyl (C=O) groups is 1. The summed E-state index contributed by atoms with van der Waals surface area (Å²) in [7, 11) is -2.80. The standard InChI is InChI=1S/C18H13ClF3N3O4S/c1-29-13-6-8-14(9-7-13)30(27,28)24-17(26)15-16(19)25(10-23-15)12-4-2-11(3-5-12)18(20,21)22/h2-10H,1H3,(H,24,26). The van der Waals surface area contributed by atoms with Gasteiger partial charge in [0.05, 0.1) is 17.6 Å². The fraction of sp³-hybridized carbons (Fsp3) is 0.111. The van der Waals surface area contributed by atoms with E-state index < -0.39 is 33.4 Å². The van der Waals surface area contributed by atoms with Gasteiger partial charge in [0.1, 0.15) is 17.2 Å². The van der Waals surface area contributed by atoms with Gasteiger partial charge in [-0.3, -0.25) is 9.36 Å². The number of imidazole rings is 1. The van der Waals surface area contributed by atoms with Gasteiger partial charge in [-0.25, -0.2) is 18.1 Å². The largest absolute Gasteiger partial charge is 0.497 e. The molecule has 3 aromatic rings. The van der Waals surface area contributed by atoms with Gasteiger partial charge in [-0.1, -0.05) is 11.6 Å². The third-order valence-corrected chi connectivity index (χ3v) is 5.70. The van der Waals surface area contributed by atoms with Crippen LogP contribution in [0.1, 0.15) is 16.1 Å². The Morgan fingerprint density at radius 1 is 1.10 bits per heavy atom. The molecule has 7 nitrogen and oxygen atoms in total. The minimum Gasteiger partial charge on any atom is -0.497 e. The van der Waals surface area contributed by atoms with Crippen molar-refractivity contribution in [3.05, 3.63) is 71.3 Å². The van der Waals surface area contributed by atoms with Crippen LogP contribution in [0, 0.1) is 0 Å². The number of sulfonamides is 1. The number of nitrogens with one attached hydrogen (secondary N) is 1. The molecule has 0 bridgehead atoms. The smallest absolute Gasteiger partial charge is 0.416 e. The summed E-state index contributed by atoms with van der Waals surface area (Å²) in [6.45, 7) is 0. The molecule has 0 radical (unpaired) electrons. The van der Waals surface area contributed by atoms with Crippen LogP contribution in [0.15, 0.2) is 59.8 Å². The molecule has 12 heteroatoms. The Bertz CT molecular complexity index is 1170. The summed E-state index contributed by atoms with van der Waals surface area (Å²) in [6.07, 6.45) is -3.40. The molecule has 0 saturated heterocycles. The van der Waals surface area contributed by atoms with Crippen LogP contribution >= 0.6 is 11.6 Å². The SMILES string of the molecule is COc1ccc(S(=O)(=O)NC(=O)c2ncn(-c3ccc(C(F)(F)F)cc3)c2Cl)cc1. The van der Waals surface area contributed by atoms with Crippen molar-refractivity contribution in [2.45, 2.75) is 11.1 Å². The molecule has 0 atom stereocenters. The van der Waals surface area contributed by atoms with E-state index in [1.807, 2.05) is 4.72 Å². The lowest BCUT2D eigenvalue weighted by Crippen LogP contribution is -2.31. The second kappa shape index (κ2) is 8.00. The molecule has 0 fully saturated rings. The van der Waals surface area contributed by atoms with E-state index in [4.69, 9.17) is 16.3 Å². The molecule has 2 aromatic carbocycles. The Balaban J connectivity index is 1.83. The number of carbonyl (C=O) groups excluding carboxylic acids is 1. The number of nitrogens with zero attached hydrogens (tertiary/aromatic N) is 2. The third-order valence-electron chi connectivity index (χ3n) is 3.99. The van der Waals surface area contributed by atoms with Crippen LogP contribution < -0.4 is 9.46 Å². The van der Waals surface area contributed by atoms with Crippen molar-refractivity contribution in [1.82, 2.24) is 14.3 Å². The molecule has 0 aliphatic carbocycles. The van der Waals surface area contributed by atoms with Crippen LogP contribution in [-0.2, 0) is 16.2 Å². The van der Waals surface area contributed by atoms with Crippen molar-refractivity contribution >= 4 is 27.5 Å². The number of halogens is 4. The van der Waals surface area contributed by atoms with Gasteiger partial charge < -0.3 is 4.74 Å². The normalized spacial score (nSPS) is 11.9. The average molecular weight is 460 g/mol. The van der Waals surface area contributed by atoms with E-state index in [1.165, 1.54) is 31.4 Å². The van der Waals surface area contributed by atoms with Gasteiger partial charge >= 0.3 is 6.18 Å². The highest BCUT2D eigenvalue weighted by molar-refractivity contribution is 7.90. The first kappa shape index (κ1) is 21.7. The van der Waals surface area contributed by atoms with Gasteiger partial charge in [0.25, 0.3) is 15.9 Å². The zero-order valence-corrected chi connectivity index (χ0v) is 16.7. The first-order chi connectivity index (χ1) is 14.0. The molecule has 158 valence electrons. The van der Waals surface area contributed by atoms with Gasteiger partial charge in [-0.05, 0) is 48.5 Å². The van der Waals surface area contributed by atoms with Crippen molar-refractivity contribution in [2.75, 3.05) is 7.11 Å². The van der Waals surface area contributed by atoms with Gasteiger partial charge in [-0.15, -0.1) is 0 Å². The molecule has 0 aliphatic heterocycles. The Morgan fingerprint density at radius 3 is 2.23 bits per heavy atom. The summed E-state index contributed by atoms with van der Waals surface area (Å²) in [5.41, 5.74) is -1.06. The molecular weight excluding hydrogens is 447 g/mol. The molecule has 1 aromatic heterocycles. The molecule has 30 heavy (non-hydrogen) atoms. The van der Waals surface area contributed by atoms with Crippen LogP contribution in [-0.4, -0.2) is 31.0 Å². The van der Waals surface area contributed by atoms with Gasteiger partial charge in [-0.2, -0.15) is 13.2 Å². The number of amides is 1. The molecule has 0 aliphatic rings. The topological polar surface area (TPSA) is 90.3 Å². The zero-order valence-electron chi connectivity index (χ0n) is 15.1. The predicted octanol–water partition coefficient (Wildman–Crippen LogP) is 3.67. The van der Waals surface area contributed by atoms with Crippen LogP contribution in [0.4, 0.5) is 13.2 Å². The van der Waals surface area contributed by atoms with Crippen molar-refractivity contribution in [3.63, 3.8) is 0 Å². The van der Waals surface area contributed by atoms with Crippen LogP contribution in [0.2, 0.25) is 5.15 Å². The summed E-state index contributed by atoms with van der Waals surface area (Å²) < 4.78 is 70.8. The van der Waals surface area contributed by atoms with E-state index >= 15 is 0 Å². The van der Waals surface area contributed by atoms with E-state index in [0.717, 1.165) is 35.2 Å². The number of hydrogen-bond donors (Lipinski definition) is 1. The second-order valence-corrected chi connectivity index (χ2v) is 7.95. The van der Waals surface area contributed by atoms with E-state index in [0.29, 0.717) is 5.75 Å². The highest BCUT2D eigenvalue weighted by atomic mass is 35.5. The first-order valence-corrected chi connectivity index (χ1v) is 10.0. The lowest BCUT2D eigenvalue weighted by molar-refractivity contribution is -0.137. The molecule has 0 unspecified atom stereocenters. The van der Waals surface area contributed by atoms with Crippen molar-refractivity contribution in [1.29, 1.82) is 0 Å². The molecular formula is C18H13ClF3N3O4S. The fourth-order valence-electron chi connectivity index (χ4n) is 2.46. The van der Waals surface area contributed by atoms with Gasteiger partial charge in [0.15, 0.2) is 5.69 Å². The van der Waals surface area contributed by atoms with Crippen LogP contribution in [0.3, 0.4) is 0 Å². The lowest BCUT2D eigenvalue weighted by Gasteiger charge is -2.09. The number of ether oxygens (including phenoxy) is 1. The number of methoxy groups -OCH3 is 1. The number of hydrogen-bond acceptors (Lipinski definition) is 5. The van der Waals surface area contributed by atoms with E-state index in [1.54, 1.807) is 0 Å². The molecule has 1 heterocycles. The summed E-state index contributed by atoms with van der Waals surface area (Å²) in [5.74, 6) is -0.667. The first-order valence-electron chi connectivity index (χ1n) is 8.14. The molecule has 0 saturated carbocycles. The second-order valence-electron chi connectivity index (χ2n) is 5.91. The maximum Gasteiger partial charge on any atom is 0.416 e. The number of benzene rings is 2. The van der Waals surface area contributed by atoms with E-state index in [-0.39, 0.29) is 15.7 Å². The summed E-state index contributed by atoms with van der Waals surface area (Å²) in [6, 6.07) is 9.29. The third kappa shape index (κ3) is 4.41. The summed E-state index contributed by atoms with van der Waals surface area (Å²) in [4.78, 5) is 16.0. The molecule has 3 rings (SSSR count). The number of aromatic nitrogens is 2. The number of alkyl halides is 3. The Morgan fingerprint density at radius 2 is 1.70 bits per heavy atom. The summed E-state index contributed by atoms with van der Waals surface area (Å²) >= 11 is 6.10. The van der Waals surface area contributed by atoms with Crippen molar-refractivity contribution in [2.24, 2.45) is 0 Å². The minimum atomic E-state index is -4.50. The predicted molar refractivity (Wildman–Crippen MR) is 101 cm³/mol. The van der Waals surface area contributed by atoms with Crippen LogP contribution in [0.5, 0.6) is 5.75 Å². The zero-order chi connectivity index (χ0) is 22.1. The average Bonchev–Trinajstić information content (AvgIpc) is 3.08. The monoisotopic (exact) mass is 459 g/mol. The van der Waals surface area contributed by atoms with Crippen LogP contribution in [0.25, 0.3) is 5.69 Å². The highest BCUT2D eigenvalue weighted by Crippen LogP contribution is 2.30. The van der Waals surface area contributed by atoms with Gasteiger partial charge in [0.2, 0.25) is 0 Å². The Labute approximate surface area is 174 Å².